The van der Waals surface area contributed by atoms with Gasteiger partial charge in [0.05, 0.1) is 0 Å². The topological polar surface area (TPSA) is 17.1 Å². The molecule has 6 rings (SSSR count). The Balaban J connectivity index is 1.74. The van der Waals surface area contributed by atoms with Gasteiger partial charge in [0.15, 0.2) is 0 Å². The average Bonchev–Trinajstić information content (AvgIpc) is 3.09. The van der Waals surface area contributed by atoms with Crippen molar-refractivity contribution in [3.63, 3.8) is 0 Å². The van der Waals surface area contributed by atoms with Crippen molar-refractivity contribution >= 4 is 39.3 Å². The molecule has 3 atom stereocenters. The molecule has 0 bridgehead atoms. The lowest BCUT2D eigenvalue weighted by molar-refractivity contribution is 0.238. The fourth-order valence-electron chi connectivity index (χ4n) is 6.66. The van der Waals surface area contributed by atoms with Crippen molar-refractivity contribution in [2.24, 2.45) is 17.8 Å². The fourth-order valence-corrected chi connectivity index (χ4v) is 11.0. The Hall–Kier alpha value is -2.37. The Morgan fingerprint density at radius 1 is 0.750 bits per heavy atom. The molecule has 0 amide bonds. The molecule has 4 aromatic carbocycles. The molecule has 0 N–H and O–H groups in total. The van der Waals surface area contributed by atoms with Crippen molar-refractivity contribution in [3.05, 3.63) is 72.8 Å². The second-order valence-corrected chi connectivity index (χ2v) is 13.4. The Labute approximate surface area is 191 Å². The predicted octanol–water partition coefficient (Wildman–Crippen LogP) is 7.75. The van der Waals surface area contributed by atoms with Gasteiger partial charge in [-0.1, -0.05) is 87.9 Å². The van der Waals surface area contributed by atoms with Gasteiger partial charge in [-0.2, -0.15) is 0 Å². The maximum absolute atomic E-state index is 15.6. The van der Waals surface area contributed by atoms with Crippen LogP contribution < -0.4 is 10.6 Å². The first-order valence-electron chi connectivity index (χ1n) is 12.1. The molecule has 1 heterocycles. The van der Waals surface area contributed by atoms with Gasteiger partial charge in [-0.15, -0.1) is 0 Å². The van der Waals surface area contributed by atoms with Gasteiger partial charge in [0.2, 0.25) is 0 Å². The molecule has 1 saturated carbocycles. The molecular weight excluding hydrogens is 407 g/mol. The van der Waals surface area contributed by atoms with E-state index in [0.717, 1.165) is 17.0 Å². The van der Waals surface area contributed by atoms with Crippen LogP contribution in [0.1, 0.15) is 40.0 Å². The first kappa shape index (κ1) is 20.3. The van der Waals surface area contributed by atoms with E-state index < -0.39 is 7.14 Å². The molecule has 1 fully saturated rings. The molecule has 0 saturated heterocycles. The molecule has 162 valence electrons. The van der Waals surface area contributed by atoms with Gasteiger partial charge in [-0.3, -0.25) is 0 Å². The van der Waals surface area contributed by atoms with E-state index in [9.17, 15) is 0 Å². The van der Waals surface area contributed by atoms with Crippen molar-refractivity contribution in [1.82, 2.24) is 0 Å². The predicted molar refractivity (Wildman–Crippen MR) is 139 cm³/mol. The minimum atomic E-state index is -2.78. The van der Waals surface area contributed by atoms with Crippen LogP contribution in [-0.2, 0) is 4.57 Å². The van der Waals surface area contributed by atoms with Crippen molar-refractivity contribution in [3.8, 4) is 11.1 Å². The van der Waals surface area contributed by atoms with Crippen LogP contribution in [0.2, 0.25) is 0 Å². The zero-order valence-corrected chi connectivity index (χ0v) is 20.1. The third-order valence-corrected chi connectivity index (χ3v) is 11.9. The zero-order chi connectivity index (χ0) is 22.0. The van der Waals surface area contributed by atoms with Gasteiger partial charge >= 0.3 is 0 Å². The summed E-state index contributed by atoms with van der Waals surface area (Å²) in [6.07, 6.45) is 3.52. The van der Waals surface area contributed by atoms with Crippen LogP contribution >= 0.6 is 7.14 Å². The molecule has 2 heteroatoms. The Bertz CT molecular complexity index is 1310. The van der Waals surface area contributed by atoms with Crippen molar-refractivity contribution in [2.45, 2.75) is 45.7 Å². The highest BCUT2D eigenvalue weighted by Gasteiger charge is 2.50. The fraction of sp³-hybridized carbons (Fsp3) is 0.333. The normalized spacial score (nSPS) is 24.1. The lowest BCUT2D eigenvalue weighted by Crippen LogP contribution is -2.36. The second kappa shape index (κ2) is 7.32. The molecule has 1 nitrogen and oxygen atoms in total. The number of hydrogen-bond acceptors (Lipinski definition) is 1. The SMILES string of the molecule is CC1CCC(C(C)C)C(P2(=O)c3ccc4ccccc4c3-c3c2ccc2ccccc32)C1. The summed E-state index contributed by atoms with van der Waals surface area (Å²) in [6.45, 7) is 7.02. The number of hydrogen-bond donors (Lipinski definition) is 0. The molecular formula is C30H31OP. The summed E-state index contributed by atoms with van der Waals surface area (Å²) in [7, 11) is -2.78. The zero-order valence-electron chi connectivity index (χ0n) is 19.2. The molecule has 0 aromatic heterocycles. The van der Waals surface area contributed by atoms with E-state index in [4.69, 9.17) is 0 Å². The highest BCUT2D eigenvalue weighted by atomic mass is 31.2. The molecule has 2 aliphatic rings. The Morgan fingerprint density at radius 3 is 1.81 bits per heavy atom. The van der Waals surface area contributed by atoms with E-state index in [-0.39, 0.29) is 5.66 Å². The summed E-state index contributed by atoms with van der Waals surface area (Å²) in [5, 5.41) is 7.18. The Kier molecular flexibility index (Phi) is 4.63. The van der Waals surface area contributed by atoms with E-state index in [0.29, 0.717) is 17.8 Å². The van der Waals surface area contributed by atoms with E-state index in [1.165, 1.54) is 45.5 Å². The van der Waals surface area contributed by atoms with E-state index in [1.807, 2.05) is 0 Å². The summed E-state index contributed by atoms with van der Waals surface area (Å²) in [6, 6.07) is 26.1. The highest BCUT2D eigenvalue weighted by Crippen LogP contribution is 2.64. The average molecular weight is 439 g/mol. The number of fused-ring (bicyclic) bond motifs is 7. The summed E-state index contributed by atoms with van der Waals surface area (Å²) in [5.41, 5.74) is 2.70. The van der Waals surface area contributed by atoms with Crippen LogP contribution in [0.25, 0.3) is 32.7 Å². The summed E-state index contributed by atoms with van der Waals surface area (Å²) in [5.74, 6) is 1.69. The van der Waals surface area contributed by atoms with Crippen LogP contribution in [0.15, 0.2) is 72.8 Å². The van der Waals surface area contributed by atoms with E-state index >= 15 is 4.57 Å². The van der Waals surface area contributed by atoms with Crippen LogP contribution in [0.3, 0.4) is 0 Å². The lowest BCUT2D eigenvalue weighted by atomic mass is 9.77. The molecule has 0 spiro atoms. The van der Waals surface area contributed by atoms with Crippen LogP contribution in [0, 0.1) is 17.8 Å². The Morgan fingerprint density at radius 2 is 1.28 bits per heavy atom. The first-order valence-corrected chi connectivity index (χ1v) is 13.9. The van der Waals surface area contributed by atoms with Crippen molar-refractivity contribution in [2.75, 3.05) is 0 Å². The van der Waals surface area contributed by atoms with E-state index in [1.54, 1.807) is 0 Å². The minimum Gasteiger partial charge on any atom is -0.313 e. The minimum absolute atomic E-state index is 0.230. The standard InChI is InChI=1S/C30H31OP/c1-19(2)23-15-12-20(3)18-28(23)32(31)26-16-13-21-8-4-6-10-24(21)29(26)30-25-11-7-5-9-22(25)14-17-27(30)32/h4-11,13-14,16-17,19-20,23,28H,12,15,18H2,1-3H3. The molecule has 1 aliphatic heterocycles. The molecule has 4 aromatic rings. The van der Waals surface area contributed by atoms with Crippen LogP contribution in [-0.4, -0.2) is 5.66 Å². The van der Waals surface area contributed by atoms with Gasteiger partial charge in [-0.05, 0) is 64.3 Å². The quantitative estimate of drug-likeness (QED) is 0.292. The second-order valence-electron chi connectivity index (χ2n) is 10.4. The maximum atomic E-state index is 15.6. The lowest BCUT2D eigenvalue weighted by Gasteiger charge is -2.41. The number of rotatable bonds is 2. The van der Waals surface area contributed by atoms with Crippen molar-refractivity contribution in [1.29, 1.82) is 0 Å². The van der Waals surface area contributed by atoms with Crippen LogP contribution in [0.5, 0.6) is 0 Å². The summed E-state index contributed by atoms with van der Waals surface area (Å²) in [4.78, 5) is 0. The third kappa shape index (κ3) is 2.74. The van der Waals surface area contributed by atoms with Gasteiger partial charge in [0, 0.05) is 27.4 Å². The molecule has 3 unspecified atom stereocenters. The monoisotopic (exact) mass is 438 g/mol. The molecule has 1 aliphatic carbocycles. The van der Waals surface area contributed by atoms with Crippen molar-refractivity contribution < 1.29 is 4.57 Å². The highest BCUT2D eigenvalue weighted by molar-refractivity contribution is 7.80. The first-order chi connectivity index (χ1) is 15.5. The summed E-state index contributed by atoms with van der Waals surface area (Å²) < 4.78 is 15.6. The number of benzene rings is 4. The van der Waals surface area contributed by atoms with Gasteiger partial charge in [-0.25, -0.2) is 0 Å². The van der Waals surface area contributed by atoms with Crippen LogP contribution in [0.4, 0.5) is 0 Å². The molecule has 0 radical (unpaired) electrons. The maximum Gasteiger partial charge on any atom is 0.147 e. The van der Waals surface area contributed by atoms with Gasteiger partial charge in [0.25, 0.3) is 0 Å². The van der Waals surface area contributed by atoms with E-state index in [2.05, 4.69) is 93.6 Å². The summed E-state index contributed by atoms with van der Waals surface area (Å²) >= 11 is 0. The van der Waals surface area contributed by atoms with Gasteiger partial charge in [0.1, 0.15) is 7.14 Å². The third-order valence-electron chi connectivity index (χ3n) is 8.23. The largest absolute Gasteiger partial charge is 0.313 e. The van der Waals surface area contributed by atoms with Gasteiger partial charge < -0.3 is 4.57 Å². The smallest absolute Gasteiger partial charge is 0.147 e. The molecule has 32 heavy (non-hydrogen) atoms.